The van der Waals surface area contributed by atoms with Gasteiger partial charge in [0.25, 0.3) is 0 Å². The van der Waals surface area contributed by atoms with Crippen LogP contribution >= 0.6 is 39.0 Å². The van der Waals surface area contributed by atoms with Crippen LogP contribution in [0, 0.1) is 5.92 Å². The molecule has 0 aromatic carbocycles. The van der Waals surface area contributed by atoms with Gasteiger partial charge in [0.1, 0.15) is 0 Å². The van der Waals surface area contributed by atoms with Gasteiger partial charge in [0, 0.05) is 27.8 Å². The molecule has 16 heavy (non-hydrogen) atoms. The van der Waals surface area contributed by atoms with Gasteiger partial charge in [-0.1, -0.05) is 36.7 Å². The summed E-state index contributed by atoms with van der Waals surface area (Å²) in [5, 5.41) is 3.53. The second-order valence-corrected chi connectivity index (χ2v) is 8.59. The summed E-state index contributed by atoms with van der Waals surface area (Å²) in [6, 6.07) is 0. The number of thiazole rings is 1. The largest absolute Gasteiger partial charge is 0.246 e. The van der Waals surface area contributed by atoms with Gasteiger partial charge in [-0.05, 0) is 11.7 Å². The van der Waals surface area contributed by atoms with Crippen LogP contribution in [0.25, 0.3) is 0 Å². The molecule has 2 unspecified atom stereocenters. The van der Waals surface area contributed by atoms with Crippen LogP contribution in [0.2, 0.25) is 0 Å². The second kappa shape index (κ2) is 4.99. The van der Waals surface area contributed by atoms with Gasteiger partial charge in [-0.25, -0.2) is 4.98 Å². The molecule has 1 saturated heterocycles. The summed E-state index contributed by atoms with van der Waals surface area (Å²) in [7, 11) is 0. The Bertz CT molecular complexity index is 356. The van der Waals surface area contributed by atoms with E-state index in [1.54, 1.807) is 0 Å². The predicted octanol–water partition coefficient (Wildman–Crippen LogP) is 4.11. The molecule has 0 aliphatic carbocycles. The maximum atomic E-state index is 4.77. The molecule has 0 bridgehead atoms. The van der Waals surface area contributed by atoms with Crippen molar-refractivity contribution in [3.63, 3.8) is 0 Å². The summed E-state index contributed by atoms with van der Waals surface area (Å²) in [6.45, 7) is 6.68. The van der Waals surface area contributed by atoms with Crippen molar-refractivity contribution in [2.75, 3.05) is 11.5 Å². The summed E-state index contributed by atoms with van der Waals surface area (Å²) in [5.74, 6) is 3.30. The van der Waals surface area contributed by atoms with Crippen LogP contribution in [0.3, 0.4) is 0 Å². The van der Waals surface area contributed by atoms with E-state index in [0.717, 1.165) is 12.3 Å². The molecular weight excluding hydrogens is 302 g/mol. The number of thioether (sulfide) groups is 1. The number of nitrogens with zero attached hydrogens (tertiary/aromatic N) is 1. The van der Waals surface area contributed by atoms with Crippen molar-refractivity contribution in [2.45, 2.75) is 37.4 Å². The molecule has 1 aliphatic rings. The molecule has 0 N–H and O–H groups in total. The van der Waals surface area contributed by atoms with Crippen molar-refractivity contribution < 1.29 is 0 Å². The highest BCUT2D eigenvalue weighted by atomic mass is 79.9. The van der Waals surface area contributed by atoms with E-state index in [-0.39, 0.29) is 5.41 Å². The zero-order valence-electron chi connectivity index (χ0n) is 10.00. The molecule has 1 fully saturated rings. The highest BCUT2D eigenvalue weighted by molar-refractivity contribution is 9.09. The fourth-order valence-corrected chi connectivity index (χ4v) is 5.32. The fourth-order valence-electron chi connectivity index (χ4n) is 1.73. The van der Waals surface area contributed by atoms with Crippen LogP contribution in [0.1, 0.15) is 31.5 Å². The molecule has 0 amide bonds. The summed E-state index contributed by atoms with van der Waals surface area (Å²) in [4.78, 5) is 5.45. The third kappa shape index (κ3) is 3.02. The molecule has 2 heterocycles. The van der Waals surface area contributed by atoms with Gasteiger partial charge in [0.2, 0.25) is 0 Å². The Labute approximate surface area is 115 Å². The topological polar surface area (TPSA) is 12.9 Å². The predicted molar refractivity (Wildman–Crippen MR) is 78.0 cm³/mol. The third-order valence-corrected chi connectivity index (χ3v) is 6.51. The Morgan fingerprint density at radius 2 is 2.19 bits per heavy atom. The van der Waals surface area contributed by atoms with Crippen molar-refractivity contribution in [1.29, 1.82) is 0 Å². The van der Waals surface area contributed by atoms with E-state index in [0.29, 0.717) is 4.83 Å². The molecular formula is C12H18BrNS2. The number of alkyl halides is 1. The van der Waals surface area contributed by atoms with Gasteiger partial charge < -0.3 is 0 Å². The smallest absolute Gasteiger partial charge is 0.0931 e. The maximum absolute atomic E-state index is 4.77. The Morgan fingerprint density at radius 3 is 2.69 bits per heavy atom. The van der Waals surface area contributed by atoms with Crippen molar-refractivity contribution in [1.82, 2.24) is 4.98 Å². The SMILES string of the molecule is CC(C)(C)c1csc(CC2CSCC2Br)n1. The molecule has 1 nitrogen and oxygen atoms in total. The number of hydrogen-bond acceptors (Lipinski definition) is 3. The lowest BCUT2D eigenvalue weighted by atomic mass is 9.93. The molecule has 1 aromatic heterocycles. The monoisotopic (exact) mass is 319 g/mol. The highest BCUT2D eigenvalue weighted by Crippen LogP contribution is 2.33. The van der Waals surface area contributed by atoms with Gasteiger partial charge in [-0.15, -0.1) is 11.3 Å². The number of rotatable bonds is 2. The lowest BCUT2D eigenvalue weighted by Gasteiger charge is -2.14. The van der Waals surface area contributed by atoms with Crippen LogP contribution in [-0.2, 0) is 11.8 Å². The van der Waals surface area contributed by atoms with Gasteiger partial charge in [-0.2, -0.15) is 11.8 Å². The number of hydrogen-bond donors (Lipinski definition) is 0. The summed E-state index contributed by atoms with van der Waals surface area (Å²) < 4.78 is 0. The van der Waals surface area contributed by atoms with Crippen molar-refractivity contribution >= 4 is 39.0 Å². The fraction of sp³-hybridized carbons (Fsp3) is 0.750. The van der Waals surface area contributed by atoms with Crippen LogP contribution in [0.4, 0.5) is 0 Å². The standard InChI is InChI=1S/C12H18BrNS2/c1-12(2,3)10-7-16-11(14-10)4-8-5-15-6-9(8)13/h7-9H,4-6H2,1-3H3. The normalized spacial score (nSPS) is 26.2. The zero-order valence-corrected chi connectivity index (χ0v) is 13.2. The van der Waals surface area contributed by atoms with Crippen molar-refractivity contribution in [3.05, 3.63) is 16.1 Å². The van der Waals surface area contributed by atoms with E-state index in [1.807, 2.05) is 11.3 Å². The first-order chi connectivity index (χ1) is 7.47. The zero-order chi connectivity index (χ0) is 11.8. The van der Waals surface area contributed by atoms with Crippen LogP contribution in [0.15, 0.2) is 5.38 Å². The first-order valence-corrected chi connectivity index (χ1v) is 8.58. The quantitative estimate of drug-likeness (QED) is 0.761. The minimum Gasteiger partial charge on any atom is -0.246 e. The minimum atomic E-state index is 0.187. The highest BCUT2D eigenvalue weighted by Gasteiger charge is 2.27. The average Bonchev–Trinajstić information content (AvgIpc) is 2.76. The molecule has 1 aliphatic heterocycles. The van der Waals surface area contributed by atoms with Crippen molar-refractivity contribution in [3.8, 4) is 0 Å². The van der Waals surface area contributed by atoms with Crippen LogP contribution < -0.4 is 0 Å². The van der Waals surface area contributed by atoms with E-state index >= 15 is 0 Å². The van der Waals surface area contributed by atoms with Gasteiger partial charge in [-0.3, -0.25) is 0 Å². The Morgan fingerprint density at radius 1 is 1.44 bits per heavy atom. The lowest BCUT2D eigenvalue weighted by Crippen LogP contribution is -2.15. The summed E-state index contributed by atoms with van der Waals surface area (Å²) >= 11 is 7.64. The number of aromatic nitrogens is 1. The first-order valence-electron chi connectivity index (χ1n) is 5.63. The van der Waals surface area contributed by atoms with Crippen LogP contribution in [0.5, 0.6) is 0 Å². The average molecular weight is 320 g/mol. The van der Waals surface area contributed by atoms with Gasteiger partial charge in [0.05, 0.1) is 10.7 Å². The Kier molecular flexibility index (Phi) is 4.02. The van der Waals surface area contributed by atoms with E-state index in [4.69, 9.17) is 4.98 Å². The maximum Gasteiger partial charge on any atom is 0.0931 e. The first kappa shape index (κ1) is 12.9. The van der Waals surface area contributed by atoms with E-state index in [1.165, 1.54) is 22.2 Å². The molecule has 1 aromatic rings. The van der Waals surface area contributed by atoms with E-state index in [9.17, 15) is 0 Å². The molecule has 0 radical (unpaired) electrons. The molecule has 2 rings (SSSR count). The second-order valence-electron chi connectivity index (χ2n) is 5.39. The van der Waals surface area contributed by atoms with Crippen molar-refractivity contribution in [2.24, 2.45) is 5.92 Å². The molecule has 2 atom stereocenters. The summed E-state index contributed by atoms with van der Waals surface area (Å²) in [5.41, 5.74) is 1.43. The number of halogens is 1. The van der Waals surface area contributed by atoms with Gasteiger partial charge in [0.15, 0.2) is 0 Å². The Balaban J connectivity index is 2.03. The molecule has 0 saturated carbocycles. The molecule has 4 heteroatoms. The van der Waals surface area contributed by atoms with Gasteiger partial charge >= 0.3 is 0 Å². The van der Waals surface area contributed by atoms with E-state index in [2.05, 4.69) is 53.8 Å². The third-order valence-electron chi connectivity index (χ3n) is 2.88. The van der Waals surface area contributed by atoms with E-state index < -0.39 is 0 Å². The lowest BCUT2D eigenvalue weighted by molar-refractivity contribution is 0.563. The Hall–Kier alpha value is 0.460. The summed E-state index contributed by atoms with van der Waals surface area (Å²) in [6.07, 6.45) is 1.14. The van der Waals surface area contributed by atoms with Crippen LogP contribution in [-0.4, -0.2) is 21.3 Å². The minimum absolute atomic E-state index is 0.187. The molecule has 0 spiro atoms. The molecule has 90 valence electrons.